The van der Waals surface area contributed by atoms with Crippen LogP contribution in [-0.2, 0) is 11.2 Å². The lowest BCUT2D eigenvalue weighted by Gasteiger charge is -2.05. The van der Waals surface area contributed by atoms with E-state index in [9.17, 15) is 4.79 Å². The standard InChI is InChI=1S/C12H15NO2/c1-8-10-7-9(3-2-6-14)4-5-11(10)13-12(8)15/h4-5,7-8,14H,2-3,6H2,1H3,(H,13,15). The van der Waals surface area contributed by atoms with Gasteiger partial charge in [0, 0.05) is 12.3 Å². The van der Waals surface area contributed by atoms with Crippen LogP contribution in [0.4, 0.5) is 5.69 Å². The van der Waals surface area contributed by atoms with Crippen molar-refractivity contribution in [2.24, 2.45) is 0 Å². The average Bonchev–Trinajstić information content (AvgIpc) is 2.52. The summed E-state index contributed by atoms with van der Waals surface area (Å²) in [4.78, 5) is 11.4. The summed E-state index contributed by atoms with van der Waals surface area (Å²) < 4.78 is 0. The molecule has 0 fully saturated rings. The molecule has 1 amide bonds. The second kappa shape index (κ2) is 4.03. The molecule has 0 bridgehead atoms. The zero-order chi connectivity index (χ0) is 10.8. The molecule has 0 aliphatic carbocycles. The van der Waals surface area contributed by atoms with E-state index < -0.39 is 0 Å². The summed E-state index contributed by atoms with van der Waals surface area (Å²) in [5.74, 6) is 0.0263. The maximum atomic E-state index is 11.4. The van der Waals surface area contributed by atoms with Crippen molar-refractivity contribution >= 4 is 11.6 Å². The van der Waals surface area contributed by atoms with Crippen molar-refractivity contribution in [3.63, 3.8) is 0 Å². The lowest BCUT2D eigenvalue weighted by molar-refractivity contribution is -0.116. The number of hydrogen-bond acceptors (Lipinski definition) is 2. The number of fused-ring (bicyclic) bond motifs is 1. The summed E-state index contributed by atoms with van der Waals surface area (Å²) in [6.45, 7) is 2.13. The highest BCUT2D eigenvalue weighted by Crippen LogP contribution is 2.32. The second-order valence-corrected chi connectivity index (χ2v) is 3.96. The molecule has 0 saturated carbocycles. The van der Waals surface area contributed by atoms with Gasteiger partial charge in [-0.15, -0.1) is 0 Å². The third-order valence-electron chi connectivity index (χ3n) is 2.86. The first kappa shape index (κ1) is 10.2. The van der Waals surface area contributed by atoms with Crippen LogP contribution < -0.4 is 5.32 Å². The van der Waals surface area contributed by atoms with Gasteiger partial charge in [-0.1, -0.05) is 12.1 Å². The van der Waals surface area contributed by atoms with Gasteiger partial charge in [0.2, 0.25) is 5.91 Å². The van der Waals surface area contributed by atoms with Gasteiger partial charge in [0.05, 0.1) is 5.92 Å². The Labute approximate surface area is 89.1 Å². The molecule has 2 rings (SSSR count). The fourth-order valence-electron chi connectivity index (χ4n) is 1.91. The summed E-state index contributed by atoms with van der Waals surface area (Å²) >= 11 is 0. The smallest absolute Gasteiger partial charge is 0.231 e. The molecule has 1 atom stereocenters. The average molecular weight is 205 g/mol. The van der Waals surface area contributed by atoms with E-state index in [0.29, 0.717) is 0 Å². The maximum Gasteiger partial charge on any atom is 0.231 e. The summed E-state index contributed by atoms with van der Waals surface area (Å²) in [5, 5.41) is 11.6. The molecule has 1 unspecified atom stereocenters. The van der Waals surface area contributed by atoms with Crippen LogP contribution in [0.5, 0.6) is 0 Å². The van der Waals surface area contributed by atoms with Gasteiger partial charge in [-0.25, -0.2) is 0 Å². The number of aryl methyl sites for hydroxylation is 1. The molecule has 3 nitrogen and oxygen atoms in total. The van der Waals surface area contributed by atoms with Crippen molar-refractivity contribution in [3.8, 4) is 0 Å². The molecule has 1 aromatic carbocycles. The van der Waals surface area contributed by atoms with Gasteiger partial charge in [-0.05, 0) is 37.0 Å². The van der Waals surface area contributed by atoms with E-state index in [0.717, 1.165) is 24.1 Å². The highest BCUT2D eigenvalue weighted by atomic mass is 16.2. The zero-order valence-electron chi connectivity index (χ0n) is 8.79. The Hall–Kier alpha value is -1.35. The van der Waals surface area contributed by atoms with Crippen LogP contribution >= 0.6 is 0 Å². The molecule has 1 aliphatic heterocycles. The minimum atomic E-state index is -0.0472. The predicted octanol–water partition coefficient (Wildman–Crippen LogP) is 1.67. The van der Waals surface area contributed by atoms with Crippen LogP contribution in [-0.4, -0.2) is 17.6 Å². The number of benzene rings is 1. The molecule has 15 heavy (non-hydrogen) atoms. The van der Waals surface area contributed by atoms with Crippen molar-refractivity contribution in [1.82, 2.24) is 0 Å². The number of aliphatic hydroxyl groups is 1. The van der Waals surface area contributed by atoms with E-state index in [2.05, 4.69) is 11.4 Å². The molecular formula is C12H15NO2. The molecular weight excluding hydrogens is 190 g/mol. The Kier molecular flexibility index (Phi) is 2.73. The van der Waals surface area contributed by atoms with Crippen molar-refractivity contribution < 1.29 is 9.90 Å². The van der Waals surface area contributed by atoms with Crippen LogP contribution in [0.3, 0.4) is 0 Å². The Morgan fingerprint density at radius 3 is 3.00 bits per heavy atom. The topological polar surface area (TPSA) is 49.3 Å². The number of carbonyl (C=O) groups is 1. The Morgan fingerprint density at radius 2 is 2.27 bits per heavy atom. The summed E-state index contributed by atoms with van der Waals surface area (Å²) in [6, 6.07) is 6.02. The van der Waals surface area contributed by atoms with Crippen molar-refractivity contribution in [2.75, 3.05) is 11.9 Å². The van der Waals surface area contributed by atoms with E-state index in [1.165, 1.54) is 5.56 Å². The SMILES string of the molecule is CC1C(=O)Nc2ccc(CCCO)cc21. The summed E-state index contributed by atoms with van der Waals surface area (Å²) in [6.07, 6.45) is 1.64. The van der Waals surface area contributed by atoms with Crippen LogP contribution in [0.25, 0.3) is 0 Å². The van der Waals surface area contributed by atoms with Gasteiger partial charge in [0.1, 0.15) is 0 Å². The lowest BCUT2D eigenvalue weighted by atomic mass is 9.99. The quantitative estimate of drug-likeness (QED) is 0.788. The molecule has 0 aromatic heterocycles. The number of hydrogen-bond donors (Lipinski definition) is 2. The summed E-state index contributed by atoms with van der Waals surface area (Å²) in [5.41, 5.74) is 3.20. The first-order chi connectivity index (χ1) is 7.22. The number of nitrogens with one attached hydrogen (secondary N) is 1. The summed E-state index contributed by atoms with van der Waals surface area (Å²) in [7, 11) is 0. The van der Waals surface area contributed by atoms with Crippen LogP contribution in [0.15, 0.2) is 18.2 Å². The van der Waals surface area contributed by atoms with Crippen LogP contribution in [0, 0.1) is 0 Å². The zero-order valence-corrected chi connectivity index (χ0v) is 8.79. The van der Waals surface area contributed by atoms with Crippen molar-refractivity contribution in [2.45, 2.75) is 25.7 Å². The minimum Gasteiger partial charge on any atom is -0.396 e. The maximum absolute atomic E-state index is 11.4. The highest BCUT2D eigenvalue weighted by molar-refractivity contribution is 6.02. The van der Waals surface area contributed by atoms with E-state index in [-0.39, 0.29) is 18.4 Å². The van der Waals surface area contributed by atoms with Crippen molar-refractivity contribution in [3.05, 3.63) is 29.3 Å². The van der Waals surface area contributed by atoms with Gasteiger partial charge < -0.3 is 10.4 Å². The highest BCUT2D eigenvalue weighted by Gasteiger charge is 2.26. The fraction of sp³-hybridized carbons (Fsp3) is 0.417. The van der Waals surface area contributed by atoms with Crippen LogP contribution in [0.1, 0.15) is 30.4 Å². The molecule has 2 N–H and O–H groups in total. The molecule has 1 heterocycles. The molecule has 0 radical (unpaired) electrons. The molecule has 3 heteroatoms. The number of aliphatic hydroxyl groups excluding tert-OH is 1. The predicted molar refractivity (Wildman–Crippen MR) is 58.9 cm³/mol. The fourth-order valence-corrected chi connectivity index (χ4v) is 1.91. The molecule has 1 aromatic rings. The van der Waals surface area contributed by atoms with E-state index in [1.54, 1.807) is 0 Å². The van der Waals surface area contributed by atoms with Crippen molar-refractivity contribution in [1.29, 1.82) is 0 Å². The number of anilines is 1. The third kappa shape index (κ3) is 1.88. The Morgan fingerprint density at radius 1 is 1.47 bits per heavy atom. The van der Waals surface area contributed by atoms with Gasteiger partial charge in [0.25, 0.3) is 0 Å². The molecule has 80 valence electrons. The van der Waals surface area contributed by atoms with Gasteiger partial charge in [-0.2, -0.15) is 0 Å². The van der Waals surface area contributed by atoms with E-state index >= 15 is 0 Å². The monoisotopic (exact) mass is 205 g/mol. The van der Waals surface area contributed by atoms with Gasteiger partial charge in [-0.3, -0.25) is 4.79 Å². The lowest BCUT2D eigenvalue weighted by Crippen LogP contribution is -2.08. The molecule has 1 aliphatic rings. The first-order valence-electron chi connectivity index (χ1n) is 5.27. The van der Waals surface area contributed by atoms with E-state index in [4.69, 9.17) is 5.11 Å². The third-order valence-corrected chi connectivity index (χ3v) is 2.86. The van der Waals surface area contributed by atoms with E-state index in [1.807, 2.05) is 19.1 Å². The largest absolute Gasteiger partial charge is 0.396 e. The minimum absolute atomic E-state index is 0.0472. The van der Waals surface area contributed by atoms with Gasteiger partial charge >= 0.3 is 0 Å². The number of amides is 1. The Bertz CT molecular complexity index is 387. The normalized spacial score (nSPS) is 18.8. The Balaban J connectivity index is 2.23. The van der Waals surface area contributed by atoms with Gasteiger partial charge in [0.15, 0.2) is 0 Å². The number of carbonyl (C=O) groups excluding carboxylic acids is 1. The number of rotatable bonds is 3. The second-order valence-electron chi connectivity index (χ2n) is 3.96. The van der Waals surface area contributed by atoms with Crippen LogP contribution in [0.2, 0.25) is 0 Å². The molecule has 0 spiro atoms. The molecule has 0 saturated heterocycles. The first-order valence-corrected chi connectivity index (χ1v) is 5.27.